The van der Waals surface area contributed by atoms with Crippen LogP contribution in [0.3, 0.4) is 0 Å². The van der Waals surface area contributed by atoms with Gasteiger partial charge in [-0.05, 0) is 30.9 Å². The summed E-state index contributed by atoms with van der Waals surface area (Å²) in [5, 5.41) is 9.30. The van der Waals surface area contributed by atoms with E-state index in [-0.39, 0.29) is 17.0 Å². The standard InChI is InChI=1S/C11H12ClNO3/c12-7-3-8(11(14)15)10(9(13)4-7)16-5-6-1-2-6/h3-4,6H,1-2,5,13H2,(H,14,15). The van der Waals surface area contributed by atoms with Gasteiger partial charge in [0.1, 0.15) is 5.56 Å². The fourth-order valence-electron chi connectivity index (χ4n) is 1.42. The summed E-state index contributed by atoms with van der Waals surface area (Å²) in [6.07, 6.45) is 2.27. The number of carboxylic acid groups (broad SMARTS) is 1. The first-order valence-corrected chi connectivity index (χ1v) is 5.41. The van der Waals surface area contributed by atoms with Crippen molar-refractivity contribution in [3.63, 3.8) is 0 Å². The lowest BCUT2D eigenvalue weighted by atomic mass is 10.1. The molecule has 1 fully saturated rings. The molecule has 86 valence electrons. The molecule has 16 heavy (non-hydrogen) atoms. The maximum atomic E-state index is 11.0. The molecule has 0 saturated heterocycles. The number of anilines is 1. The fourth-order valence-corrected chi connectivity index (χ4v) is 1.65. The van der Waals surface area contributed by atoms with Crippen molar-refractivity contribution in [2.45, 2.75) is 12.8 Å². The zero-order chi connectivity index (χ0) is 11.7. The second kappa shape index (κ2) is 4.22. The van der Waals surface area contributed by atoms with E-state index in [0.717, 1.165) is 12.8 Å². The zero-order valence-electron chi connectivity index (χ0n) is 8.57. The van der Waals surface area contributed by atoms with E-state index in [1.165, 1.54) is 12.1 Å². The molecule has 1 aromatic rings. The number of hydrogen-bond donors (Lipinski definition) is 2. The van der Waals surface area contributed by atoms with Crippen LogP contribution in [0.1, 0.15) is 23.2 Å². The minimum absolute atomic E-state index is 0.0191. The molecule has 0 atom stereocenters. The number of nitrogens with two attached hydrogens (primary N) is 1. The van der Waals surface area contributed by atoms with Gasteiger partial charge in [0.05, 0.1) is 12.3 Å². The number of aromatic carboxylic acids is 1. The van der Waals surface area contributed by atoms with Crippen LogP contribution in [0.4, 0.5) is 5.69 Å². The Hall–Kier alpha value is -1.42. The molecule has 0 heterocycles. The second-order valence-corrected chi connectivity index (χ2v) is 4.37. The summed E-state index contributed by atoms with van der Waals surface area (Å²) in [7, 11) is 0. The van der Waals surface area contributed by atoms with Crippen molar-refractivity contribution in [1.29, 1.82) is 0 Å². The van der Waals surface area contributed by atoms with Crippen LogP contribution in [0.5, 0.6) is 5.75 Å². The topological polar surface area (TPSA) is 72.6 Å². The molecule has 5 heteroatoms. The normalized spacial score (nSPS) is 14.8. The van der Waals surface area contributed by atoms with Gasteiger partial charge < -0.3 is 15.6 Å². The summed E-state index contributed by atoms with van der Waals surface area (Å²) in [5.74, 6) is -0.319. The molecule has 1 aliphatic rings. The summed E-state index contributed by atoms with van der Waals surface area (Å²) in [6.45, 7) is 0.520. The molecule has 2 rings (SSSR count). The lowest BCUT2D eigenvalue weighted by Crippen LogP contribution is -2.08. The van der Waals surface area contributed by atoms with Crippen LogP contribution in [-0.2, 0) is 0 Å². The third-order valence-corrected chi connectivity index (χ3v) is 2.69. The van der Waals surface area contributed by atoms with E-state index in [4.69, 9.17) is 27.2 Å². The van der Waals surface area contributed by atoms with Gasteiger partial charge in [-0.3, -0.25) is 0 Å². The van der Waals surface area contributed by atoms with E-state index in [9.17, 15) is 4.79 Å². The maximum Gasteiger partial charge on any atom is 0.339 e. The molecule has 1 saturated carbocycles. The maximum absolute atomic E-state index is 11.0. The Morgan fingerprint density at radius 3 is 2.81 bits per heavy atom. The number of nitrogen functional groups attached to an aromatic ring is 1. The SMILES string of the molecule is Nc1cc(Cl)cc(C(=O)O)c1OCC1CC1. The Balaban J connectivity index is 2.27. The van der Waals surface area contributed by atoms with Gasteiger partial charge in [0.15, 0.2) is 5.75 Å². The van der Waals surface area contributed by atoms with E-state index in [2.05, 4.69) is 0 Å². The van der Waals surface area contributed by atoms with Crippen molar-refractivity contribution < 1.29 is 14.6 Å². The van der Waals surface area contributed by atoms with E-state index in [1.54, 1.807) is 0 Å². The van der Waals surface area contributed by atoms with Gasteiger partial charge in [-0.1, -0.05) is 11.6 Å². The van der Waals surface area contributed by atoms with Crippen LogP contribution in [0.25, 0.3) is 0 Å². The van der Waals surface area contributed by atoms with Gasteiger partial charge in [-0.2, -0.15) is 0 Å². The summed E-state index contributed by atoms with van der Waals surface area (Å²) in [6, 6.07) is 2.85. The highest BCUT2D eigenvalue weighted by Gasteiger charge is 2.24. The highest BCUT2D eigenvalue weighted by atomic mass is 35.5. The number of benzene rings is 1. The second-order valence-electron chi connectivity index (χ2n) is 3.93. The molecule has 1 aliphatic carbocycles. The van der Waals surface area contributed by atoms with Crippen molar-refractivity contribution in [2.24, 2.45) is 5.92 Å². The van der Waals surface area contributed by atoms with Crippen LogP contribution < -0.4 is 10.5 Å². The average molecular weight is 242 g/mol. The van der Waals surface area contributed by atoms with E-state index >= 15 is 0 Å². The molecule has 1 aromatic carbocycles. The molecule has 0 aliphatic heterocycles. The number of hydrogen-bond acceptors (Lipinski definition) is 3. The minimum atomic E-state index is -1.08. The molecular weight excluding hydrogens is 230 g/mol. The number of rotatable bonds is 4. The molecule has 0 spiro atoms. The summed E-state index contributed by atoms with van der Waals surface area (Å²) < 4.78 is 5.44. The van der Waals surface area contributed by atoms with Crippen molar-refractivity contribution in [1.82, 2.24) is 0 Å². The Bertz CT molecular complexity index is 429. The molecule has 0 unspecified atom stereocenters. The first-order chi connectivity index (χ1) is 7.58. The molecule has 3 N–H and O–H groups in total. The molecule has 4 nitrogen and oxygen atoms in total. The number of carbonyl (C=O) groups is 1. The lowest BCUT2D eigenvalue weighted by molar-refractivity contribution is 0.0692. The first kappa shape index (κ1) is 11.1. The van der Waals surface area contributed by atoms with Gasteiger partial charge in [-0.15, -0.1) is 0 Å². The largest absolute Gasteiger partial charge is 0.490 e. The quantitative estimate of drug-likeness (QED) is 0.794. The summed E-state index contributed by atoms with van der Waals surface area (Å²) in [4.78, 5) is 11.0. The van der Waals surface area contributed by atoms with Gasteiger partial charge >= 0.3 is 5.97 Å². The van der Waals surface area contributed by atoms with Crippen LogP contribution >= 0.6 is 11.6 Å². The van der Waals surface area contributed by atoms with E-state index in [1.807, 2.05) is 0 Å². The minimum Gasteiger partial charge on any atom is -0.490 e. The number of ether oxygens (including phenoxy) is 1. The molecule has 0 bridgehead atoms. The van der Waals surface area contributed by atoms with Gasteiger partial charge in [0, 0.05) is 5.02 Å². The monoisotopic (exact) mass is 241 g/mol. The average Bonchev–Trinajstić information content (AvgIpc) is 2.98. The molecule has 0 aromatic heterocycles. The predicted octanol–water partition coefficient (Wildman–Crippen LogP) is 2.41. The van der Waals surface area contributed by atoms with Gasteiger partial charge in [0.25, 0.3) is 0 Å². The predicted molar refractivity (Wildman–Crippen MR) is 61.0 cm³/mol. The van der Waals surface area contributed by atoms with Crippen LogP contribution in [0, 0.1) is 5.92 Å². The smallest absolute Gasteiger partial charge is 0.339 e. The fraction of sp³-hybridized carbons (Fsp3) is 0.364. The van der Waals surface area contributed by atoms with Gasteiger partial charge in [0.2, 0.25) is 0 Å². The Morgan fingerprint density at radius 2 is 2.25 bits per heavy atom. The first-order valence-electron chi connectivity index (χ1n) is 5.03. The van der Waals surface area contributed by atoms with Crippen molar-refractivity contribution in [3.05, 3.63) is 22.7 Å². The number of carboxylic acids is 1. The zero-order valence-corrected chi connectivity index (χ0v) is 9.33. The van der Waals surface area contributed by atoms with Crippen LogP contribution in [0.2, 0.25) is 5.02 Å². The van der Waals surface area contributed by atoms with Crippen molar-refractivity contribution in [3.8, 4) is 5.75 Å². The van der Waals surface area contributed by atoms with E-state index in [0.29, 0.717) is 17.5 Å². The molecular formula is C11H12ClNO3. The van der Waals surface area contributed by atoms with Gasteiger partial charge in [-0.25, -0.2) is 4.79 Å². The highest BCUT2D eigenvalue weighted by Crippen LogP contribution is 2.34. The van der Waals surface area contributed by atoms with E-state index < -0.39 is 5.97 Å². The lowest BCUT2D eigenvalue weighted by Gasteiger charge is -2.11. The molecule has 0 radical (unpaired) electrons. The Morgan fingerprint density at radius 1 is 1.56 bits per heavy atom. The third-order valence-electron chi connectivity index (χ3n) is 2.47. The number of halogens is 1. The molecule has 0 amide bonds. The van der Waals surface area contributed by atoms with Crippen LogP contribution in [0.15, 0.2) is 12.1 Å². The summed E-state index contributed by atoms with van der Waals surface area (Å²) in [5.41, 5.74) is 5.98. The summed E-state index contributed by atoms with van der Waals surface area (Å²) >= 11 is 5.74. The van der Waals surface area contributed by atoms with Crippen molar-refractivity contribution in [2.75, 3.05) is 12.3 Å². The van der Waals surface area contributed by atoms with Crippen LogP contribution in [-0.4, -0.2) is 17.7 Å². The Kier molecular flexibility index (Phi) is 2.92. The third kappa shape index (κ3) is 2.39. The highest BCUT2D eigenvalue weighted by molar-refractivity contribution is 6.31. The van der Waals surface area contributed by atoms with Crippen molar-refractivity contribution >= 4 is 23.3 Å². The Labute approximate surface area is 98.0 Å².